The Morgan fingerprint density at radius 3 is 2.59 bits per heavy atom. The van der Waals surface area contributed by atoms with Gasteiger partial charge in [-0.25, -0.2) is 0 Å². The second-order valence-corrected chi connectivity index (χ2v) is 7.71. The number of nitrogens with zero attached hydrogens (tertiary/aromatic N) is 2. The van der Waals surface area contributed by atoms with E-state index in [0.29, 0.717) is 25.2 Å². The van der Waals surface area contributed by atoms with Crippen molar-refractivity contribution < 1.29 is 9.53 Å². The minimum absolute atomic E-state index is 0.0808. The van der Waals surface area contributed by atoms with Crippen LogP contribution in [0.25, 0.3) is 0 Å². The van der Waals surface area contributed by atoms with E-state index in [2.05, 4.69) is 59.3 Å². The zero-order valence-electron chi connectivity index (χ0n) is 17.8. The Kier molecular flexibility index (Phi) is 7.67. The molecule has 1 N–H and O–H groups in total. The molecule has 5 nitrogen and oxygen atoms in total. The Bertz CT molecular complexity index is 763. The molecule has 1 heterocycles. The fourth-order valence-electron chi connectivity index (χ4n) is 4.04. The molecule has 0 aliphatic carbocycles. The maximum absolute atomic E-state index is 12.5. The summed E-state index contributed by atoms with van der Waals surface area (Å²) in [4.78, 5) is 17.3. The molecule has 1 aliphatic heterocycles. The number of hydrogen-bond acceptors (Lipinski definition) is 4. The average Bonchev–Trinajstić information content (AvgIpc) is 3.26. The van der Waals surface area contributed by atoms with Crippen molar-refractivity contribution in [2.75, 3.05) is 33.3 Å². The van der Waals surface area contributed by atoms with E-state index in [9.17, 15) is 4.79 Å². The van der Waals surface area contributed by atoms with E-state index in [4.69, 9.17) is 4.74 Å². The van der Waals surface area contributed by atoms with Crippen molar-refractivity contribution in [2.24, 2.45) is 0 Å². The van der Waals surface area contributed by atoms with Gasteiger partial charge in [0.05, 0.1) is 13.7 Å². The Hall–Kier alpha value is -2.37. The van der Waals surface area contributed by atoms with Gasteiger partial charge in [-0.2, -0.15) is 0 Å². The first-order valence-corrected chi connectivity index (χ1v) is 10.5. The highest BCUT2D eigenvalue weighted by Crippen LogP contribution is 2.26. The summed E-state index contributed by atoms with van der Waals surface area (Å²) >= 11 is 0. The molecule has 156 valence electrons. The first-order valence-electron chi connectivity index (χ1n) is 10.5. The van der Waals surface area contributed by atoms with Crippen molar-refractivity contribution in [3.63, 3.8) is 0 Å². The molecule has 0 saturated carbocycles. The number of hydrogen-bond donors (Lipinski definition) is 1. The second kappa shape index (κ2) is 10.4. The van der Waals surface area contributed by atoms with Crippen LogP contribution in [-0.2, 0) is 11.3 Å². The van der Waals surface area contributed by atoms with Gasteiger partial charge < -0.3 is 10.1 Å². The predicted molar refractivity (Wildman–Crippen MR) is 117 cm³/mol. The fourth-order valence-corrected chi connectivity index (χ4v) is 4.04. The summed E-state index contributed by atoms with van der Waals surface area (Å²) in [5.74, 6) is 0.907. The van der Waals surface area contributed by atoms with Crippen LogP contribution >= 0.6 is 0 Å². The molecule has 2 aromatic rings. The third-order valence-electron chi connectivity index (χ3n) is 5.94. The first kappa shape index (κ1) is 21.3. The number of benzene rings is 2. The smallest absolute Gasteiger partial charge is 0.234 e. The van der Waals surface area contributed by atoms with Crippen LogP contribution in [0.3, 0.4) is 0 Å². The maximum atomic E-state index is 12.5. The number of carbonyl (C=O) groups is 1. The second-order valence-electron chi connectivity index (χ2n) is 7.71. The number of nitrogens with one attached hydrogen (secondary N) is 1. The van der Waals surface area contributed by atoms with Gasteiger partial charge in [0.2, 0.25) is 5.91 Å². The van der Waals surface area contributed by atoms with Crippen molar-refractivity contribution in [3.8, 4) is 5.75 Å². The summed E-state index contributed by atoms with van der Waals surface area (Å²) < 4.78 is 5.17. The molecule has 2 atom stereocenters. The molecule has 29 heavy (non-hydrogen) atoms. The summed E-state index contributed by atoms with van der Waals surface area (Å²) in [7, 11) is 1.65. The molecule has 1 amide bonds. The molecule has 2 unspecified atom stereocenters. The van der Waals surface area contributed by atoms with Gasteiger partial charge in [-0.1, -0.05) is 49.4 Å². The van der Waals surface area contributed by atoms with Gasteiger partial charge in [-0.3, -0.25) is 14.6 Å². The van der Waals surface area contributed by atoms with Gasteiger partial charge in [0, 0.05) is 31.7 Å². The summed E-state index contributed by atoms with van der Waals surface area (Å²) in [5, 5.41) is 3.05. The summed E-state index contributed by atoms with van der Waals surface area (Å²) in [5.41, 5.74) is 2.43. The molecule has 2 aromatic carbocycles. The van der Waals surface area contributed by atoms with Crippen molar-refractivity contribution in [2.45, 2.75) is 38.9 Å². The number of likely N-dealkylation sites (N-methyl/N-ethyl adjacent to an activating group) is 1. The molecule has 0 aromatic heterocycles. The molecular formula is C24H33N3O2. The minimum atomic E-state index is 0.0808. The van der Waals surface area contributed by atoms with E-state index >= 15 is 0 Å². The zero-order chi connectivity index (χ0) is 20.6. The highest BCUT2D eigenvalue weighted by atomic mass is 16.5. The van der Waals surface area contributed by atoms with Gasteiger partial charge in [0.25, 0.3) is 0 Å². The van der Waals surface area contributed by atoms with E-state index in [0.717, 1.165) is 37.4 Å². The number of amides is 1. The lowest BCUT2D eigenvalue weighted by Gasteiger charge is -2.29. The van der Waals surface area contributed by atoms with Gasteiger partial charge in [0.1, 0.15) is 5.75 Å². The number of likely N-dealkylation sites (tertiary alicyclic amines) is 1. The fraction of sp³-hybridized carbons (Fsp3) is 0.458. The average molecular weight is 396 g/mol. The molecule has 0 radical (unpaired) electrons. The Labute approximate surface area is 174 Å². The van der Waals surface area contributed by atoms with E-state index in [1.807, 2.05) is 24.3 Å². The van der Waals surface area contributed by atoms with Crippen LogP contribution in [0.2, 0.25) is 0 Å². The standard InChI is InChI=1S/C24H33N3O2/c1-4-26(18-24(28)25-16-20-10-12-23(29-3)13-11-20)22-14-15-27(17-22)19(2)21-8-6-5-7-9-21/h5-13,19,22H,4,14-18H2,1-3H3,(H,25,28). The van der Waals surface area contributed by atoms with Crippen LogP contribution in [0.5, 0.6) is 5.75 Å². The maximum Gasteiger partial charge on any atom is 0.234 e. The van der Waals surface area contributed by atoms with E-state index in [1.54, 1.807) is 7.11 Å². The van der Waals surface area contributed by atoms with Crippen LogP contribution in [0.1, 0.15) is 37.4 Å². The van der Waals surface area contributed by atoms with E-state index in [-0.39, 0.29) is 5.91 Å². The van der Waals surface area contributed by atoms with Gasteiger partial charge in [-0.15, -0.1) is 0 Å². The SMILES string of the molecule is CCN(CC(=O)NCc1ccc(OC)cc1)C1CCN(C(C)c2ccccc2)C1. The predicted octanol–water partition coefficient (Wildman–Crippen LogP) is 3.47. The molecule has 1 saturated heterocycles. The van der Waals surface area contributed by atoms with Crippen LogP contribution in [0.4, 0.5) is 0 Å². The lowest BCUT2D eigenvalue weighted by Crippen LogP contribution is -2.44. The quantitative estimate of drug-likeness (QED) is 0.706. The summed E-state index contributed by atoms with van der Waals surface area (Å²) in [6, 6.07) is 19.3. The van der Waals surface area contributed by atoms with Crippen molar-refractivity contribution >= 4 is 5.91 Å². The third-order valence-corrected chi connectivity index (χ3v) is 5.94. The Morgan fingerprint density at radius 1 is 1.21 bits per heavy atom. The molecule has 1 fully saturated rings. The van der Waals surface area contributed by atoms with Crippen LogP contribution in [0, 0.1) is 0 Å². The topological polar surface area (TPSA) is 44.8 Å². The minimum Gasteiger partial charge on any atom is -0.497 e. The number of carbonyl (C=O) groups excluding carboxylic acids is 1. The van der Waals surface area contributed by atoms with Crippen LogP contribution in [0.15, 0.2) is 54.6 Å². The number of rotatable bonds is 9. The molecule has 0 spiro atoms. The highest BCUT2D eigenvalue weighted by Gasteiger charge is 2.30. The molecule has 1 aliphatic rings. The van der Waals surface area contributed by atoms with Gasteiger partial charge in [-0.05, 0) is 43.1 Å². The third kappa shape index (κ3) is 5.81. The van der Waals surface area contributed by atoms with Crippen molar-refractivity contribution in [1.82, 2.24) is 15.1 Å². The van der Waals surface area contributed by atoms with Gasteiger partial charge in [0.15, 0.2) is 0 Å². The van der Waals surface area contributed by atoms with Crippen LogP contribution < -0.4 is 10.1 Å². The first-order chi connectivity index (χ1) is 14.1. The molecular weight excluding hydrogens is 362 g/mol. The van der Waals surface area contributed by atoms with E-state index in [1.165, 1.54) is 5.56 Å². The summed E-state index contributed by atoms with van der Waals surface area (Å²) in [6.45, 7) is 8.37. The largest absolute Gasteiger partial charge is 0.497 e. The lowest BCUT2D eigenvalue weighted by molar-refractivity contribution is -0.122. The number of methoxy groups -OCH3 is 1. The van der Waals surface area contributed by atoms with Crippen molar-refractivity contribution in [1.29, 1.82) is 0 Å². The molecule has 3 rings (SSSR count). The van der Waals surface area contributed by atoms with Gasteiger partial charge >= 0.3 is 0 Å². The monoisotopic (exact) mass is 395 g/mol. The highest BCUT2D eigenvalue weighted by molar-refractivity contribution is 5.78. The molecule has 0 bridgehead atoms. The normalized spacial score (nSPS) is 18.0. The van der Waals surface area contributed by atoms with Crippen molar-refractivity contribution in [3.05, 3.63) is 65.7 Å². The zero-order valence-corrected chi connectivity index (χ0v) is 17.8. The lowest BCUT2D eigenvalue weighted by atomic mass is 10.1. The van der Waals surface area contributed by atoms with E-state index < -0.39 is 0 Å². The Morgan fingerprint density at radius 2 is 1.93 bits per heavy atom. The molecule has 5 heteroatoms. The summed E-state index contributed by atoms with van der Waals surface area (Å²) in [6.07, 6.45) is 1.11. The Balaban J connectivity index is 1.48. The van der Waals surface area contributed by atoms with Crippen LogP contribution in [-0.4, -0.2) is 55.0 Å². The number of ether oxygens (including phenoxy) is 1.